The van der Waals surface area contributed by atoms with Crippen molar-refractivity contribution in [1.29, 1.82) is 5.26 Å². The number of thiol groups is 1. The fourth-order valence-corrected chi connectivity index (χ4v) is 1.93. The Morgan fingerprint density at radius 3 is 2.82 bits per heavy atom. The largest absolute Gasteiger partial charge is 0.366 e. The first kappa shape index (κ1) is 11.8. The molecule has 1 saturated carbocycles. The zero-order valence-corrected chi connectivity index (χ0v) is 9.98. The van der Waals surface area contributed by atoms with Gasteiger partial charge in [-0.25, -0.2) is 18.4 Å². The molecule has 0 unspecified atom stereocenters. The number of nitriles is 1. The van der Waals surface area contributed by atoms with E-state index in [9.17, 15) is 8.42 Å². The molecule has 17 heavy (non-hydrogen) atoms. The fourth-order valence-electron chi connectivity index (χ4n) is 1.55. The van der Waals surface area contributed by atoms with Gasteiger partial charge in [-0.1, -0.05) is 0 Å². The van der Waals surface area contributed by atoms with Gasteiger partial charge in [0, 0.05) is 6.04 Å². The SMILES string of the molecule is N#Cc1cnc(C[SH](=O)=O)nc1NC1CCC1. The highest BCUT2D eigenvalue weighted by molar-refractivity contribution is 7.71. The van der Waals surface area contributed by atoms with E-state index in [2.05, 4.69) is 15.3 Å². The lowest BCUT2D eigenvalue weighted by Gasteiger charge is -2.27. The van der Waals surface area contributed by atoms with Crippen LogP contribution in [-0.2, 0) is 16.5 Å². The molecule has 0 radical (unpaired) electrons. The first-order valence-corrected chi connectivity index (χ1v) is 6.69. The molecule has 6 nitrogen and oxygen atoms in total. The molecule has 0 amide bonds. The second kappa shape index (κ2) is 5.10. The van der Waals surface area contributed by atoms with Crippen molar-refractivity contribution < 1.29 is 8.42 Å². The Labute approximate surface area is 101 Å². The van der Waals surface area contributed by atoms with Crippen LogP contribution in [0.2, 0.25) is 0 Å². The van der Waals surface area contributed by atoms with Gasteiger partial charge in [-0.15, -0.1) is 0 Å². The quantitative estimate of drug-likeness (QED) is 0.754. The molecule has 0 spiro atoms. The number of nitrogens with zero attached hydrogens (tertiary/aromatic N) is 3. The Balaban J connectivity index is 2.22. The van der Waals surface area contributed by atoms with Crippen molar-refractivity contribution in [2.75, 3.05) is 5.32 Å². The molecule has 1 aliphatic carbocycles. The van der Waals surface area contributed by atoms with Crippen LogP contribution in [0.3, 0.4) is 0 Å². The molecule has 90 valence electrons. The normalized spacial score (nSPS) is 15.3. The third kappa shape index (κ3) is 2.91. The summed E-state index contributed by atoms with van der Waals surface area (Å²) in [5, 5.41) is 12.0. The van der Waals surface area contributed by atoms with Gasteiger partial charge in [-0.2, -0.15) is 5.26 Å². The molecule has 1 aromatic heterocycles. The minimum Gasteiger partial charge on any atom is -0.366 e. The van der Waals surface area contributed by atoms with Crippen LogP contribution in [0.4, 0.5) is 5.82 Å². The number of rotatable bonds is 4. The zero-order chi connectivity index (χ0) is 12.3. The number of nitrogens with one attached hydrogen (secondary N) is 1. The Morgan fingerprint density at radius 1 is 1.53 bits per heavy atom. The van der Waals surface area contributed by atoms with Gasteiger partial charge in [0.05, 0.1) is 6.20 Å². The maximum atomic E-state index is 10.6. The standard InChI is InChI=1S/C10H12N4O2S/c11-4-7-5-12-9(6-17(15)16)14-10(7)13-8-2-1-3-8/h5,8,17H,1-3,6H2,(H,12,13,14). The average Bonchev–Trinajstić information content (AvgIpc) is 2.23. The second-order valence-electron chi connectivity index (χ2n) is 3.92. The molecule has 0 aliphatic heterocycles. The predicted molar refractivity (Wildman–Crippen MR) is 62.0 cm³/mol. The lowest BCUT2D eigenvalue weighted by atomic mass is 9.93. The highest BCUT2D eigenvalue weighted by Gasteiger charge is 2.19. The van der Waals surface area contributed by atoms with Gasteiger partial charge in [0.1, 0.15) is 39.7 Å². The number of hydrogen-bond donors (Lipinski definition) is 2. The lowest BCUT2D eigenvalue weighted by Crippen LogP contribution is -2.28. The van der Waals surface area contributed by atoms with Gasteiger partial charge < -0.3 is 5.32 Å². The van der Waals surface area contributed by atoms with Crippen molar-refractivity contribution in [3.8, 4) is 6.07 Å². The minimum atomic E-state index is -2.55. The van der Waals surface area contributed by atoms with Crippen molar-refractivity contribution in [3.05, 3.63) is 17.6 Å². The van der Waals surface area contributed by atoms with Gasteiger partial charge in [0.2, 0.25) is 0 Å². The van der Waals surface area contributed by atoms with E-state index in [1.165, 1.54) is 12.6 Å². The van der Waals surface area contributed by atoms with E-state index in [0.29, 0.717) is 17.4 Å². The summed E-state index contributed by atoms with van der Waals surface area (Å²) >= 11 is 0. The molecule has 0 aromatic carbocycles. The summed E-state index contributed by atoms with van der Waals surface area (Å²) in [5.41, 5.74) is 0.349. The van der Waals surface area contributed by atoms with Crippen molar-refractivity contribution >= 4 is 16.5 Å². The van der Waals surface area contributed by atoms with Crippen LogP contribution < -0.4 is 5.32 Å². The summed E-state index contributed by atoms with van der Waals surface area (Å²) in [6.45, 7) is 0. The van der Waals surface area contributed by atoms with Gasteiger partial charge in [0.25, 0.3) is 0 Å². The maximum absolute atomic E-state index is 10.6. The molecule has 0 bridgehead atoms. The van der Waals surface area contributed by atoms with Crippen LogP contribution in [0.15, 0.2) is 6.20 Å². The van der Waals surface area contributed by atoms with Crippen LogP contribution in [0.5, 0.6) is 0 Å². The molecule has 1 aliphatic rings. The molecule has 7 heteroatoms. The first-order valence-electron chi connectivity index (χ1n) is 5.33. The molecule has 2 rings (SSSR count). The molecule has 1 aromatic rings. The van der Waals surface area contributed by atoms with E-state index in [1.807, 2.05) is 6.07 Å². The highest BCUT2D eigenvalue weighted by atomic mass is 32.2. The van der Waals surface area contributed by atoms with E-state index >= 15 is 0 Å². The minimum absolute atomic E-state index is 0.194. The summed E-state index contributed by atoms with van der Waals surface area (Å²) < 4.78 is 21.2. The summed E-state index contributed by atoms with van der Waals surface area (Å²) in [7, 11) is -2.55. The van der Waals surface area contributed by atoms with Crippen molar-refractivity contribution in [2.24, 2.45) is 0 Å². The summed E-state index contributed by atoms with van der Waals surface area (Å²) in [6, 6.07) is 2.33. The van der Waals surface area contributed by atoms with Crippen LogP contribution >= 0.6 is 0 Å². The third-order valence-electron chi connectivity index (χ3n) is 2.68. The molecule has 0 saturated heterocycles. The topological polar surface area (TPSA) is 95.7 Å². The number of aromatic nitrogens is 2. The lowest BCUT2D eigenvalue weighted by molar-refractivity contribution is 0.444. The van der Waals surface area contributed by atoms with Crippen LogP contribution in [0.25, 0.3) is 0 Å². The van der Waals surface area contributed by atoms with E-state index in [4.69, 9.17) is 5.26 Å². The number of hydrogen-bond acceptors (Lipinski definition) is 6. The smallest absolute Gasteiger partial charge is 0.147 e. The second-order valence-corrected chi connectivity index (χ2v) is 4.91. The van der Waals surface area contributed by atoms with E-state index in [0.717, 1.165) is 12.8 Å². The maximum Gasteiger partial charge on any atom is 0.147 e. The van der Waals surface area contributed by atoms with Gasteiger partial charge in [0.15, 0.2) is 0 Å². The molecular formula is C10H12N4O2S. The number of anilines is 1. The van der Waals surface area contributed by atoms with Gasteiger partial charge in [-0.3, -0.25) is 0 Å². The Morgan fingerprint density at radius 2 is 2.29 bits per heavy atom. The van der Waals surface area contributed by atoms with E-state index in [1.54, 1.807) is 0 Å². The summed E-state index contributed by atoms with van der Waals surface area (Å²) in [4.78, 5) is 7.92. The molecule has 1 N–H and O–H groups in total. The monoisotopic (exact) mass is 252 g/mol. The summed E-state index contributed by atoms with van der Waals surface area (Å²) in [5.74, 6) is 0.474. The third-order valence-corrected chi connectivity index (χ3v) is 3.22. The van der Waals surface area contributed by atoms with Crippen LogP contribution in [-0.4, -0.2) is 24.4 Å². The predicted octanol–water partition coefficient (Wildman–Crippen LogP) is 0.424. The Hall–Kier alpha value is -1.68. The first-order chi connectivity index (χ1) is 8.19. The van der Waals surface area contributed by atoms with Crippen molar-refractivity contribution in [1.82, 2.24) is 9.97 Å². The van der Waals surface area contributed by atoms with E-state index < -0.39 is 10.7 Å². The van der Waals surface area contributed by atoms with Crippen molar-refractivity contribution in [3.63, 3.8) is 0 Å². The average molecular weight is 252 g/mol. The molecule has 1 fully saturated rings. The Bertz CT molecular complexity index is 524. The van der Waals surface area contributed by atoms with Crippen LogP contribution in [0.1, 0.15) is 30.7 Å². The fraction of sp³-hybridized carbons (Fsp3) is 0.500. The van der Waals surface area contributed by atoms with Crippen molar-refractivity contribution in [2.45, 2.75) is 31.1 Å². The zero-order valence-electron chi connectivity index (χ0n) is 9.09. The van der Waals surface area contributed by atoms with Gasteiger partial charge >= 0.3 is 0 Å². The van der Waals surface area contributed by atoms with Gasteiger partial charge in [-0.05, 0) is 19.3 Å². The highest BCUT2D eigenvalue weighted by Crippen LogP contribution is 2.23. The van der Waals surface area contributed by atoms with Crippen LogP contribution in [0, 0.1) is 11.3 Å². The molecular weight excluding hydrogens is 240 g/mol. The van der Waals surface area contributed by atoms with E-state index in [-0.39, 0.29) is 11.6 Å². The molecule has 1 heterocycles. The Kier molecular flexibility index (Phi) is 3.54. The molecule has 0 atom stereocenters. The summed E-state index contributed by atoms with van der Waals surface area (Å²) in [6.07, 6.45) is 4.64.